The summed E-state index contributed by atoms with van der Waals surface area (Å²) in [6.07, 6.45) is 0.727. The predicted octanol–water partition coefficient (Wildman–Crippen LogP) is -0.123. The van der Waals surface area contributed by atoms with Crippen molar-refractivity contribution in [3.63, 3.8) is 0 Å². The number of nitrogens with one attached hydrogen (secondary N) is 2. The lowest BCUT2D eigenvalue weighted by molar-refractivity contribution is 0.382. The Morgan fingerprint density at radius 2 is 2.07 bits per heavy atom. The van der Waals surface area contributed by atoms with E-state index in [2.05, 4.69) is 4.72 Å². The van der Waals surface area contributed by atoms with E-state index < -0.39 is 10.2 Å². The van der Waals surface area contributed by atoms with Crippen LogP contribution < -0.4 is 10.5 Å². The third-order valence-corrected chi connectivity index (χ3v) is 3.48. The van der Waals surface area contributed by atoms with Gasteiger partial charge in [-0.3, -0.25) is 5.41 Å². The molecule has 0 aromatic rings. The number of amidine groups is 1. The Hall–Kier alpha value is -0.660. The molecule has 0 saturated heterocycles. The Morgan fingerprint density at radius 1 is 1.53 bits per heavy atom. The van der Waals surface area contributed by atoms with Crippen LogP contribution in [-0.2, 0) is 10.2 Å². The SMILES string of the molecule is CCCNS(=O)(=O)N(CC(=N)N)C(C)C. The van der Waals surface area contributed by atoms with E-state index in [1.54, 1.807) is 13.8 Å². The molecule has 0 radical (unpaired) electrons. The topological polar surface area (TPSA) is 99.3 Å². The number of hydrogen-bond acceptors (Lipinski definition) is 3. The molecule has 15 heavy (non-hydrogen) atoms. The molecule has 0 aromatic carbocycles. The van der Waals surface area contributed by atoms with Gasteiger partial charge in [0.25, 0.3) is 10.2 Å². The molecule has 0 heterocycles. The van der Waals surface area contributed by atoms with E-state index in [0.717, 1.165) is 6.42 Å². The van der Waals surface area contributed by atoms with Crippen LogP contribution in [0.5, 0.6) is 0 Å². The van der Waals surface area contributed by atoms with Crippen molar-refractivity contribution < 1.29 is 8.42 Å². The third kappa shape index (κ3) is 5.10. The lowest BCUT2D eigenvalue weighted by Crippen LogP contribution is -2.48. The highest BCUT2D eigenvalue weighted by Gasteiger charge is 2.24. The predicted molar refractivity (Wildman–Crippen MR) is 61.0 cm³/mol. The molecular formula is C8H20N4O2S. The lowest BCUT2D eigenvalue weighted by atomic mass is 10.4. The van der Waals surface area contributed by atoms with Crippen LogP contribution in [0.2, 0.25) is 0 Å². The van der Waals surface area contributed by atoms with E-state index in [1.165, 1.54) is 4.31 Å². The molecule has 0 saturated carbocycles. The molecule has 0 amide bonds. The van der Waals surface area contributed by atoms with Crippen LogP contribution in [0.1, 0.15) is 27.2 Å². The van der Waals surface area contributed by atoms with Gasteiger partial charge in [0.05, 0.1) is 6.54 Å². The van der Waals surface area contributed by atoms with Crippen molar-refractivity contribution in [3.05, 3.63) is 0 Å². The van der Waals surface area contributed by atoms with Crippen LogP contribution in [0.15, 0.2) is 0 Å². The van der Waals surface area contributed by atoms with E-state index in [1.807, 2.05) is 6.92 Å². The van der Waals surface area contributed by atoms with Crippen LogP contribution in [0, 0.1) is 5.41 Å². The molecule has 0 fully saturated rings. The van der Waals surface area contributed by atoms with E-state index in [9.17, 15) is 8.42 Å². The zero-order chi connectivity index (χ0) is 12.1. The summed E-state index contributed by atoms with van der Waals surface area (Å²) in [5.74, 6) is -0.162. The van der Waals surface area contributed by atoms with Gasteiger partial charge in [-0.25, -0.2) is 4.72 Å². The summed E-state index contributed by atoms with van der Waals surface area (Å²) in [6, 6.07) is -0.219. The van der Waals surface area contributed by atoms with Gasteiger partial charge in [0.1, 0.15) is 5.84 Å². The van der Waals surface area contributed by atoms with Crippen molar-refractivity contribution in [2.75, 3.05) is 13.1 Å². The molecule has 7 heteroatoms. The molecule has 0 spiro atoms. The fraction of sp³-hybridized carbons (Fsp3) is 0.875. The normalized spacial score (nSPS) is 12.3. The van der Waals surface area contributed by atoms with Crippen molar-refractivity contribution in [1.82, 2.24) is 9.03 Å². The molecule has 0 unspecified atom stereocenters. The first-order valence-corrected chi connectivity index (χ1v) is 6.34. The van der Waals surface area contributed by atoms with Gasteiger partial charge in [-0.1, -0.05) is 6.92 Å². The zero-order valence-electron chi connectivity index (χ0n) is 9.45. The van der Waals surface area contributed by atoms with Crippen molar-refractivity contribution >= 4 is 16.0 Å². The maximum atomic E-state index is 11.7. The molecule has 90 valence electrons. The second kappa shape index (κ2) is 6.04. The number of rotatable bonds is 7. The first kappa shape index (κ1) is 14.3. The second-order valence-electron chi connectivity index (χ2n) is 3.56. The van der Waals surface area contributed by atoms with E-state index >= 15 is 0 Å². The Bertz CT molecular complexity index is 300. The molecule has 0 rings (SSSR count). The highest BCUT2D eigenvalue weighted by atomic mass is 32.2. The van der Waals surface area contributed by atoms with Gasteiger partial charge in [0.2, 0.25) is 0 Å². The van der Waals surface area contributed by atoms with E-state index in [4.69, 9.17) is 11.1 Å². The van der Waals surface area contributed by atoms with E-state index in [-0.39, 0.29) is 18.4 Å². The number of nitrogens with zero attached hydrogens (tertiary/aromatic N) is 1. The molecule has 0 atom stereocenters. The smallest absolute Gasteiger partial charge is 0.280 e. The first-order chi connectivity index (χ1) is 6.81. The maximum absolute atomic E-state index is 11.7. The maximum Gasteiger partial charge on any atom is 0.280 e. The zero-order valence-corrected chi connectivity index (χ0v) is 10.3. The molecular weight excluding hydrogens is 216 g/mol. The molecule has 0 aliphatic heterocycles. The van der Waals surface area contributed by atoms with Crippen LogP contribution in [0.3, 0.4) is 0 Å². The highest BCUT2D eigenvalue weighted by Crippen LogP contribution is 2.04. The van der Waals surface area contributed by atoms with E-state index in [0.29, 0.717) is 6.54 Å². The summed E-state index contributed by atoms with van der Waals surface area (Å²) in [5.41, 5.74) is 5.21. The van der Waals surface area contributed by atoms with Crippen molar-refractivity contribution in [1.29, 1.82) is 5.41 Å². The number of nitrogens with two attached hydrogens (primary N) is 1. The van der Waals surface area contributed by atoms with Gasteiger partial charge in [0, 0.05) is 12.6 Å². The van der Waals surface area contributed by atoms with Crippen LogP contribution in [-0.4, -0.2) is 37.7 Å². The Labute approximate surface area is 91.5 Å². The quantitative estimate of drug-likeness (QED) is 0.424. The fourth-order valence-corrected chi connectivity index (χ4v) is 2.52. The van der Waals surface area contributed by atoms with Gasteiger partial charge in [-0.2, -0.15) is 12.7 Å². The molecule has 6 nitrogen and oxygen atoms in total. The summed E-state index contributed by atoms with van der Waals surface area (Å²) in [5, 5.41) is 7.12. The Morgan fingerprint density at radius 3 is 2.40 bits per heavy atom. The molecule has 4 N–H and O–H groups in total. The summed E-state index contributed by atoms with van der Waals surface area (Å²) >= 11 is 0. The number of hydrogen-bond donors (Lipinski definition) is 3. The minimum absolute atomic E-state index is 0.0727. The molecule has 0 aliphatic rings. The van der Waals surface area contributed by atoms with Gasteiger partial charge in [0.15, 0.2) is 0 Å². The average molecular weight is 236 g/mol. The fourth-order valence-electron chi connectivity index (χ4n) is 1.03. The largest absolute Gasteiger partial charge is 0.387 e. The summed E-state index contributed by atoms with van der Waals surface area (Å²) in [4.78, 5) is 0. The standard InChI is InChI=1S/C8H20N4O2S/c1-4-5-11-15(13,14)12(7(2)3)6-8(9)10/h7,11H,4-6H2,1-3H3,(H3,9,10). The summed E-state index contributed by atoms with van der Waals surface area (Å²) in [6.45, 7) is 5.69. The van der Waals surface area contributed by atoms with Crippen LogP contribution >= 0.6 is 0 Å². The molecule has 0 aliphatic carbocycles. The minimum Gasteiger partial charge on any atom is -0.387 e. The Kier molecular flexibility index (Phi) is 5.77. The Balaban J connectivity index is 4.67. The van der Waals surface area contributed by atoms with Crippen LogP contribution in [0.4, 0.5) is 0 Å². The summed E-state index contributed by atoms with van der Waals surface area (Å²) < 4.78 is 27.1. The van der Waals surface area contributed by atoms with Crippen molar-refractivity contribution in [3.8, 4) is 0 Å². The monoisotopic (exact) mass is 236 g/mol. The summed E-state index contributed by atoms with van der Waals surface area (Å²) in [7, 11) is -3.52. The average Bonchev–Trinajstić information content (AvgIpc) is 2.10. The molecule has 0 aromatic heterocycles. The van der Waals surface area contributed by atoms with Crippen LogP contribution in [0.25, 0.3) is 0 Å². The minimum atomic E-state index is -3.52. The van der Waals surface area contributed by atoms with Gasteiger partial charge >= 0.3 is 0 Å². The lowest BCUT2D eigenvalue weighted by Gasteiger charge is -2.25. The highest BCUT2D eigenvalue weighted by molar-refractivity contribution is 7.87. The first-order valence-electron chi connectivity index (χ1n) is 4.90. The third-order valence-electron chi connectivity index (χ3n) is 1.75. The second-order valence-corrected chi connectivity index (χ2v) is 5.27. The van der Waals surface area contributed by atoms with Gasteiger partial charge < -0.3 is 5.73 Å². The molecule has 0 bridgehead atoms. The van der Waals surface area contributed by atoms with Gasteiger partial charge in [-0.15, -0.1) is 0 Å². The van der Waals surface area contributed by atoms with Crippen molar-refractivity contribution in [2.24, 2.45) is 5.73 Å². The van der Waals surface area contributed by atoms with Crippen molar-refractivity contribution in [2.45, 2.75) is 33.2 Å². The van der Waals surface area contributed by atoms with Gasteiger partial charge in [-0.05, 0) is 20.3 Å².